The number of aromatic carboxylic acids is 1. The first kappa shape index (κ1) is 14.3. The number of hydrogen-bond donors (Lipinski definition) is 3. The van der Waals surface area contributed by atoms with Crippen LogP contribution >= 0.6 is 11.6 Å². The smallest absolute Gasteiger partial charge is 0.356 e. The first-order valence-electron chi connectivity index (χ1n) is 6.63. The molecule has 0 amide bonds. The summed E-state index contributed by atoms with van der Waals surface area (Å²) < 4.78 is 1.67. The quantitative estimate of drug-likeness (QED) is 0.620. The monoisotopic (exact) mass is 320 g/mol. The summed E-state index contributed by atoms with van der Waals surface area (Å²) in [5.41, 5.74) is 2.18. The Morgan fingerprint density at radius 2 is 2.27 bits per heavy atom. The molecule has 22 heavy (non-hydrogen) atoms. The first-order chi connectivity index (χ1) is 10.6. The van der Waals surface area contributed by atoms with Crippen LogP contribution in [0.1, 0.15) is 28.8 Å². The van der Waals surface area contributed by atoms with Crippen LogP contribution in [0.2, 0.25) is 5.15 Å². The topological polar surface area (TPSA) is 108 Å². The molecule has 3 aromatic heterocycles. The molecule has 3 N–H and O–H groups in total. The number of aryl methyl sites for hydroxylation is 1. The van der Waals surface area contributed by atoms with Crippen molar-refractivity contribution in [2.24, 2.45) is 0 Å². The van der Waals surface area contributed by atoms with Crippen LogP contribution in [0, 0.1) is 0 Å². The van der Waals surface area contributed by atoms with E-state index >= 15 is 0 Å². The number of aromatic nitrogens is 5. The van der Waals surface area contributed by atoms with E-state index in [0.29, 0.717) is 28.9 Å². The summed E-state index contributed by atoms with van der Waals surface area (Å²) >= 11 is 6.01. The number of hydrogen-bond acceptors (Lipinski definition) is 5. The normalized spacial score (nSPS) is 11.0. The number of halogens is 1. The van der Waals surface area contributed by atoms with Gasteiger partial charge >= 0.3 is 5.97 Å². The molecule has 0 unspecified atom stereocenters. The molecule has 0 aliphatic rings. The van der Waals surface area contributed by atoms with E-state index in [1.165, 1.54) is 6.07 Å². The average Bonchev–Trinajstić information content (AvgIpc) is 3.10. The summed E-state index contributed by atoms with van der Waals surface area (Å²) in [6, 6.07) is 5.00. The predicted octanol–water partition coefficient (Wildman–Crippen LogP) is 1.98. The SMILES string of the molecule is CCc1cc2nc(Cl)cc(NCc3cc(C(=O)O)n[nH]3)n2n1. The van der Waals surface area contributed by atoms with Crippen molar-refractivity contribution in [3.8, 4) is 0 Å². The van der Waals surface area contributed by atoms with Gasteiger partial charge in [-0.3, -0.25) is 5.10 Å². The van der Waals surface area contributed by atoms with Crippen molar-refractivity contribution in [2.45, 2.75) is 19.9 Å². The third-order valence-corrected chi connectivity index (χ3v) is 3.31. The highest BCUT2D eigenvalue weighted by molar-refractivity contribution is 6.29. The summed E-state index contributed by atoms with van der Waals surface area (Å²) in [6.45, 7) is 2.37. The van der Waals surface area contributed by atoms with Crippen LogP contribution in [0.4, 0.5) is 5.82 Å². The van der Waals surface area contributed by atoms with Gasteiger partial charge in [0.15, 0.2) is 11.3 Å². The molecule has 3 aromatic rings. The number of nitrogens with one attached hydrogen (secondary N) is 2. The Morgan fingerprint density at radius 1 is 1.45 bits per heavy atom. The standard InChI is InChI=1S/C13H13ClN6O2/c1-2-7-4-12-16-10(14)5-11(20(12)19-7)15-6-8-3-9(13(21)22)18-17-8/h3-5,15H,2,6H2,1H3,(H,17,18)(H,21,22). The Bertz CT molecular complexity index is 840. The largest absolute Gasteiger partial charge is 0.476 e. The molecule has 0 aliphatic carbocycles. The molecule has 9 heteroatoms. The number of carboxylic acids is 1. The van der Waals surface area contributed by atoms with E-state index in [2.05, 4.69) is 25.6 Å². The van der Waals surface area contributed by atoms with E-state index in [1.54, 1.807) is 10.6 Å². The summed E-state index contributed by atoms with van der Waals surface area (Å²) in [4.78, 5) is 15.0. The van der Waals surface area contributed by atoms with Crippen molar-refractivity contribution in [1.29, 1.82) is 0 Å². The summed E-state index contributed by atoms with van der Waals surface area (Å²) in [5.74, 6) is -0.405. The molecule has 0 radical (unpaired) electrons. The van der Waals surface area contributed by atoms with Gasteiger partial charge in [-0.1, -0.05) is 18.5 Å². The van der Waals surface area contributed by atoms with Gasteiger partial charge in [-0.25, -0.2) is 9.78 Å². The van der Waals surface area contributed by atoms with E-state index in [-0.39, 0.29) is 5.69 Å². The maximum Gasteiger partial charge on any atom is 0.356 e. The van der Waals surface area contributed by atoms with Crippen molar-refractivity contribution in [3.63, 3.8) is 0 Å². The number of anilines is 1. The molecular weight excluding hydrogens is 308 g/mol. The maximum absolute atomic E-state index is 10.8. The molecule has 0 atom stereocenters. The summed E-state index contributed by atoms with van der Waals surface area (Å²) in [7, 11) is 0. The van der Waals surface area contributed by atoms with E-state index < -0.39 is 5.97 Å². The van der Waals surface area contributed by atoms with Crippen molar-refractivity contribution < 1.29 is 9.90 Å². The second-order valence-electron chi connectivity index (χ2n) is 4.66. The van der Waals surface area contributed by atoms with Crippen LogP contribution in [0.15, 0.2) is 18.2 Å². The lowest BCUT2D eigenvalue weighted by Gasteiger charge is -2.07. The second-order valence-corrected chi connectivity index (χ2v) is 5.05. The number of fused-ring (bicyclic) bond motifs is 1. The molecule has 0 spiro atoms. The minimum absolute atomic E-state index is 0.0259. The lowest BCUT2D eigenvalue weighted by Crippen LogP contribution is -2.06. The lowest BCUT2D eigenvalue weighted by molar-refractivity contribution is 0.0690. The minimum Gasteiger partial charge on any atom is -0.476 e. The Balaban J connectivity index is 1.86. The predicted molar refractivity (Wildman–Crippen MR) is 80.2 cm³/mol. The molecular formula is C13H13ClN6O2. The van der Waals surface area contributed by atoms with Crippen molar-refractivity contribution >= 4 is 29.0 Å². The second kappa shape index (κ2) is 5.64. The Labute approximate surface area is 130 Å². The number of rotatable bonds is 5. The Hall–Kier alpha value is -2.61. The van der Waals surface area contributed by atoms with Crippen LogP contribution < -0.4 is 5.32 Å². The molecule has 3 heterocycles. The third-order valence-electron chi connectivity index (χ3n) is 3.12. The van der Waals surface area contributed by atoms with Crippen molar-refractivity contribution in [3.05, 3.63) is 40.4 Å². The van der Waals surface area contributed by atoms with Gasteiger partial charge in [0.2, 0.25) is 0 Å². The first-order valence-corrected chi connectivity index (χ1v) is 7.01. The van der Waals surface area contributed by atoms with Gasteiger partial charge in [-0.2, -0.15) is 14.7 Å². The summed E-state index contributed by atoms with van der Waals surface area (Å²) in [5, 5.41) is 23.1. The van der Waals surface area contributed by atoms with Crippen LogP contribution in [0.5, 0.6) is 0 Å². The van der Waals surface area contributed by atoms with Gasteiger partial charge in [0.25, 0.3) is 0 Å². The Kier molecular flexibility index (Phi) is 3.68. The van der Waals surface area contributed by atoms with E-state index in [9.17, 15) is 4.79 Å². The number of carboxylic acid groups (broad SMARTS) is 1. The molecule has 0 saturated heterocycles. The molecule has 0 saturated carbocycles. The highest BCUT2D eigenvalue weighted by atomic mass is 35.5. The highest BCUT2D eigenvalue weighted by Gasteiger charge is 2.10. The zero-order valence-corrected chi connectivity index (χ0v) is 12.4. The molecule has 114 valence electrons. The van der Waals surface area contributed by atoms with Crippen molar-refractivity contribution in [1.82, 2.24) is 24.8 Å². The number of aromatic amines is 1. The van der Waals surface area contributed by atoms with Crippen LogP contribution in [-0.2, 0) is 13.0 Å². The van der Waals surface area contributed by atoms with Crippen LogP contribution in [-0.4, -0.2) is 35.9 Å². The van der Waals surface area contributed by atoms with Gasteiger partial charge in [-0.05, 0) is 12.5 Å². The average molecular weight is 321 g/mol. The number of carbonyl (C=O) groups is 1. The molecule has 0 fully saturated rings. The third kappa shape index (κ3) is 2.73. The fourth-order valence-electron chi connectivity index (χ4n) is 2.04. The molecule has 0 aromatic carbocycles. The van der Waals surface area contributed by atoms with E-state index in [4.69, 9.17) is 16.7 Å². The number of H-pyrrole nitrogens is 1. The maximum atomic E-state index is 10.8. The van der Waals surface area contributed by atoms with E-state index in [1.807, 2.05) is 13.0 Å². The lowest BCUT2D eigenvalue weighted by atomic mass is 10.3. The van der Waals surface area contributed by atoms with Gasteiger partial charge < -0.3 is 10.4 Å². The van der Waals surface area contributed by atoms with Gasteiger partial charge in [0.1, 0.15) is 11.0 Å². The fourth-order valence-corrected chi connectivity index (χ4v) is 2.23. The van der Waals surface area contributed by atoms with Crippen LogP contribution in [0.3, 0.4) is 0 Å². The Morgan fingerprint density at radius 3 is 2.95 bits per heavy atom. The molecule has 8 nitrogen and oxygen atoms in total. The van der Waals surface area contributed by atoms with Gasteiger partial charge in [-0.15, -0.1) is 0 Å². The zero-order valence-electron chi connectivity index (χ0n) is 11.7. The highest BCUT2D eigenvalue weighted by Crippen LogP contribution is 2.18. The summed E-state index contributed by atoms with van der Waals surface area (Å²) in [6.07, 6.45) is 0.795. The van der Waals surface area contributed by atoms with Gasteiger partial charge in [0.05, 0.1) is 17.9 Å². The molecule has 0 aliphatic heterocycles. The van der Waals surface area contributed by atoms with E-state index in [0.717, 1.165) is 12.1 Å². The fraction of sp³-hybridized carbons (Fsp3) is 0.231. The zero-order chi connectivity index (χ0) is 15.7. The van der Waals surface area contributed by atoms with Gasteiger partial charge in [0, 0.05) is 12.1 Å². The van der Waals surface area contributed by atoms with Crippen LogP contribution in [0.25, 0.3) is 5.65 Å². The molecule has 3 rings (SSSR count). The number of nitrogens with zero attached hydrogens (tertiary/aromatic N) is 4. The minimum atomic E-state index is -1.07. The molecule has 0 bridgehead atoms. The van der Waals surface area contributed by atoms with Crippen molar-refractivity contribution in [2.75, 3.05) is 5.32 Å².